The number of nitrogens with one attached hydrogen (secondary N) is 2. The highest BCUT2D eigenvalue weighted by Gasteiger charge is 2.26. The molecule has 1 fully saturated rings. The Labute approximate surface area is 175 Å². The van der Waals surface area contributed by atoms with Gasteiger partial charge in [0.15, 0.2) is 0 Å². The van der Waals surface area contributed by atoms with E-state index < -0.39 is 10.0 Å². The Morgan fingerprint density at radius 3 is 2.62 bits per heavy atom. The van der Waals surface area contributed by atoms with Crippen LogP contribution in [0.1, 0.15) is 42.5 Å². The second-order valence-corrected chi connectivity index (χ2v) is 9.63. The Morgan fingerprint density at radius 1 is 1.10 bits per heavy atom. The van der Waals surface area contributed by atoms with Crippen molar-refractivity contribution in [2.75, 3.05) is 25.0 Å². The van der Waals surface area contributed by atoms with Crippen molar-refractivity contribution < 1.29 is 18.0 Å². The minimum absolute atomic E-state index is 0.151. The average molecular weight is 436 g/mol. The molecule has 2 amide bonds. The van der Waals surface area contributed by atoms with Crippen LogP contribution in [0.5, 0.6) is 0 Å². The second-order valence-electron chi connectivity index (χ2n) is 6.91. The highest BCUT2D eigenvalue weighted by molar-refractivity contribution is 7.89. The number of anilines is 1. The van der Waals surface area contributed by atoms with Crippen molar-refractivity contribution >= 4 is 38.9 Å². The zero-order chi connectivity index (χ0) is 20.7. The highest BCUT2D eigenvalue weighted by atomic mass is 32.2. The summed E-state index contributed by atoms with van der Waals surface area (Å²) in [5.41, 5.74) is 1.07. The molecule has 2 heterocycles. The van der Waals surface area contributed by atoms with Gasteiger partial charge in [-0.1, -0.05) is 12.5 Å². The van der Waals surface area contributed by atoms with Gasteiger partial charge in [-0.05, 0) is 48.9 Å². The summed E-state index contributed by atoms with van der Waals surface area (Å²) in [5.74, 6) is -0.371. The molecular weight excluding hydrogens is 410 g/mol. The smallest absolute Gasteiger partial charge is 0.252 e. The number of amides is 2. The van der Waals surface area contributed by atoms with Crippen LogP contribution in [0.4, 0.5) is 5.69 Å². The van der Waals surface area contributed by atoms with E-state index in [0.29, 0.717) is 37.3 Å². The number of carbonyl (C=O) groups excluding carboxylic acids is 2. The van der Waals surface area contributed by atoms with Crippen LogP contribution in [0.3, 0.4) is 0 Å². The molecule has 3 rings (SSSR count). The van der Waals surface area contributed by atoms with Crippen molar-refractivity contribution in [2.45, 2.75) is 37.0 Å². The van der Waals surface area contributed by atoms with Crippen LogP contribution in [0.25, 0.3) is 0 Å². The minimum atomic E-state index is -3.54. The van der Waals surface area contributed by atoms with Gasteiger partial charge < -0.3 is 10.6 Å². The molecule has 0 spiro atoms. The van der Waals surface area contributed by atoms with Gasteiger partial charge in [-0.2, -0.15) is 15.6 Å². The van der Waals surface area contributed by atoms with E-state index in [0.717, 1.165) is 19.3 Å². The van der Waals surface area contributed by atoms with Gasteiger partial charge in [0.1, 0.15) is 0 Å². The van der Waals surface area contributed by atoms with Crippen LogP contribution in [0.15, 0.2) is 46.0 Å². The summed E-state index contributed by atoms with van der Waals surface area (Å²) < 4.78 is 27.0. The van der Waals surface area contributed by atoms with Gasteiger partial charge in [-0.25, -0.2) is 8.42 Å². The molecule has 0 bridgehead atoms. The van der Waals surface area contributed by atoms with Crippen LogP contribution >= 0.6 is 11.3 Å². The molecule has 0 saturated carbocycles. The summed E-state index contributed by atoms with van der Waals surface area (Å²) in [4.78, 5) is 24.2. The highest BCUT2D eigenvalue weighted by Crippen LogP contribution is 2.23. The first-order chi connectivity index (χ1) is 14.0. The number of carbonyl (C=O) groups is 2. The number of piperidine rings is 1. The van der Waals surface area contributed by atoms with E-state index in [1.807, 2.05) is 5.38 Å². The van der Waals surface area contributed by atoms with Gasteiger partial charge in [-0.3, -0.25) is 9.59 Å². The van der Waals surface area contributed by atoms with Gasteiger partial charge in [0.25, 0.3) is 5.91 Å². The summed E-state index contributed by atoms with van der Waals surface area (Å²) in [7, 11) is -3.54. The first kappa shape index (κ1) is 21.5. The summed E-state index contributed by atoms with van der Waals surface area (Å²) in [6.45, 7) is 1.47. The third-order valence-electron chi connectivity index (χ3n) is 4.72. The maximum Gasteiger partial charge on any atom is 0.252 e. The molecule has 156 valence electrons. The molecular formula is C20H25N3O4S2. The normalized spacial score (nSPS) is 15.0. The Kier molecular flexibility index (Phi) is 7.40. The second kappa shape index (κ2) is 10.00. The van der Waals surface area contributed by atoms with E-state index in [9.17, 15) is 18.0 Å². The monoisotopic (exact) mass is 435 g/mol. The molecule has 1 saturated heterocycles. The predicted molar refractivity (Wildman–Crippen MR) is 114 cm³/mol. The molecule has 1 aromatic carbocycles. The summed E-state index contributed by atoms with van der Waals surface area (Å²) in [6, 6.07) is 8.11. The first-order valence-corrected chi connectivity index (χ1v) is 12.1. The molecule has 9 heteroatoms. The molecule has 0 aliphatic carbocycles. The Bertz CT molecular complexity index is 936. The van der Waals surface area contributed by atoms with Crippen LogP contribution < -0.4 is 10.6 Å². The van der Waals surface area contributed by atoms with Crippen molar-refractivity contribution in [1.29, 1.82) is 0 Å². The van der Waals surface area contributed by atoms with E-state index in [1.165, 1.54) is 21.7 Å². The lowest BCUT2D eigenvalue weighted by atomic mass is 10.2. The zero-order valence-corrected chi connectivity index (χ0v) is 17.7. The van der Waals surface area contributed by atoms with E-state index in [-0.39, 0.29) is 23.1 Å². The third-order valence-corrected chi connectivity index (χ3v) is 7.30. The Morgan fingerprint density at radius 2 is 1.90 bits per heavy atom. The Hall–Kier alpha value is -2.23. The molecule has 2 aromatic rings. The van der Waals surface area contributed by atoms with Crippen molar-refractivity contribution in [3.8, 4) is 0 Å². The lowest BCUT2D eigenvalue weighted by Crippen LogP contribution is -2.35. The summed E-state index contributed by atoms with van der Waals surface area (Å²) in [5, 5.41) is 9.12. The maximum absolute atomic E-state index is 12.8. The molecule has 2 N–H and O–H groups in total. The fourth-order valence-electron chi connectivity index (χ4n) is 3.16. The fourth-order valence-corrected chi connectivity index (χ4v) is 5.36. The summed E-state index contributed by atoms with van der Waals surface area (Å²) >= 11 is 1.45. The number of rotatable bonds is 8. The van der Waals surface area contributed by atoms with E-state index in [2.05, 4.69) is 10.6 Å². The van der Waals surface area contributed by atoms with Crippen molar-refractivity contribution in [1.82, 2.24) is 9.62 Å². The van der Waals surface area contributed by atoms with Crippen molar-refractivity contribution in [2.24, 2.45) is 0 Å². The molecule has 1 aliphatic heterocycles. The predicted octanol–water partition coefficient (Wildman–Crippen LogP) is 3.07. The average Bonchev–Trinajstić information content (AvgIpc) is 3.27. The third kappa shape index (κ3) is 5.88. The number of hydrogen-bond donors (Lipinski definition) is 2. The van der Waals surface area contributed by atoms with E-state index in [4.69, 9.17) is 0 Å². The molecule has 0 atom stereocenters. The SMILES string of the molecule is O=C(CCCNC(=O)c1ccsc1)Nc1cccc(S(=O)(=O)N2CCCCC2)c1. The standard InChI is InChI=1S/C20H25N3O4S2/c24-19(8-5-10-21-20(25)16-9-13-28-15-16)22-17-6-4-7-18(14-17)29(26,27)23-11-2-1-3-12-23/h4,6-7,9,13-15H,1-3,5,8,10-12H2,(H,21,25)(H,22,24). The molecule has 0 radical (unpaired) electrons. The summed E-state index contributed by atoms with van der Waals surface area (Å²) in [6.07, 6.45) is 3.52. The van der Waals surface area contributed by atoms with Crippen LogP contribution in [0, 0.1) is 0 Å². The van der Waals surface area contributed by atoms with E-state index >= 15 is 0 Å². The minimum Gasteiger partial charge on any atom is -0.352 e. The van der Waals surface area contributed by atoms with Gasteiger partial charge in [0.05, 0.1) is 4.90 Å². The van der Waals surface area contributed by atoms with Gasteiger partial charge in [0, 0.05) is 42.7 Å². The fraction of sp³-hybridized carbons (Fsp3) is 0.400. The molecule has 1 aromatic heterocycles. The Balaban J connectivity index is 1.49. The number of benzene rings is 1. The van der Waals surface area contributed by atoms with Crippen LogP contribution in [0.2, 0.25) is 0 Å². The molecule has 0 unspecified atom stereocenters. The van der Waals surface area contributed by atoms with Gasteiger partial charge in [-0.15, -0.1) is 0 Å². The zero-order valence-electron chi connectivity index (χ0n) is 16.1. The quantitative estimate of drug-likeness (QED) is 0.623. The van der Waals surface area contributed by atoms with Crippen LogP contribution in [-0.2, 0) is 14.8 Å². The number of thiophene rings is 1. The number of sulfonamides is 1. The number of nitrogens with zero attached hydrogens (tertiary/aromatic N) is 1. The number of hydrogen-bond acceptors (Lipinski definition) is 5. The van der Waals surface area contributed by atoms with Crippen molar-refractivity contribution in [3.05, 3.63) is 46.7 Å². The lowest BCUT2D eigenvalue weighted by Gasteiger charge is -2.26. The molecule has 29 heavy (non-hydrogen) atoms. The van der Waals surface area contributed by atoms with Crippen LogP contribution in [-0.4, -0.2) is 44.2 Å². The molecule has 7 nitrogen and oxygen atoms in total. The molecule has 1 aliphatic rings. The lowest BCUT2D eigenvalue weighted by molar-refractivity contribution is -0.116. The van der Waals surface area contributed by atoms with Gasteiger partial charge >= 0.3 is 0 Å². The van der Waals surface area contributed by atoms with Gasteiger partial charge in [0.2, 0.25) is 15.9 Å². The maximum atomic E-state index is 12.8. The first-order valence-electron chi connectivity index (χ1n) is 9.67. The van der Waals surface area contributed by atoms with Crippen molar-refractivity contribution in [3.63, 3.8) is 0 Å². The van der Waals surface area contributed by atoms with E-state index in [1.54, 1.807) is 29.6 Å². The topological polar surface area (TPSA) is 95.6 Å². The largest absolute Gasteiger partial charge is 0.352 e.